The van der Waals surface area contributed by atoms with Gasteiger partial charge in [-0.1, -0.05) is 47.5 Å². The first-order chi connectivity index (χ1) is 13.0. The topological polar surface area (TPSA) is 58.6 Å². The molecule has 27 heavy (non-hydrogen) atoms. The van der Waals surface area contributed by atoms with E-state index >= 15 is 0 Å². The Morgan fingerprint density at radius 2 is 1.70 bits per heavy atom. The highest BCUT2D eigenvalue weighted by Crippen LogP contribution is 2.25. The molecule has 0 aliphatic heterocycles. The van der Waals surface area contributed by atoms with Gasteiger partial charge < -0.3 is 15.2 Å². The van der Waals surface area contributed by atoms with Crippen LogP contribution in [0.3, 0.4) is 0 Å². The minimum absolute atomic E-state index is 0.254. The number of halogens is 2. The van der Waals surface area contributed by atoms with Gasteiger partial charge in [0, 0.05) is 33.4 Å². The van der Waals surface area contributed by atoms with Crippen molar-refractivity contribution in [3.05, 3.63) is 93.5 Å². The van der Waals surface area contributed by atoms with Crippen LogP contribution in [0.15, 0.2) is 66.7 Å². The van der Waals surface area contributed by atoms with Gasteiger partial charge in [0.05, 0.1) is 5.56 Å². The van der Waals surface area contributed by atoms with Crippen molar-refractivity contribution < 1.29 is 14.6 Å². The van der Waals surface area contributed by atoms with Crippen LogP contribution in [0.25, 0.3) is 0 Å². The number of hydrogen-bond acceptors (Lipinski definition) is 3. The standard InChI is InChI=1S/C21H17Cl2NO3/c22-17-8-5-16(19(23)11-17)13-27-20-4-2-1-3-15(20)12-24-18-9-6-14(7-10-18)21(25)26/h1-11,24H,12-13H2,(H,25,26). The van der Waals surface area contributed by atoms with Crippen molar-refractivity contribution in [3.8, 4) is 5.75 Å². The van der Waals surface area contributed by atoms with Crippen LogP contribution in [-0.2, 0) is 13.2 Å². The van der Waals surface area contributed by atoms with E-state index in [0.717, 1.165) is 22.6 Å². The van der Waals surface area contributed by atoms with E-state index in [4.69, 9.17) is 33.0 Å². The maximum absolute atomic E-state index is 10.9. The second kappa shape index (κ2) is 8.80. The van der Waals surface area contributed by atoms with E-state index in [0.29, 0.717) is 23.2 Å². The summed E-state index contributed by atoms with van der Waals surface area (Å²) in [5.74, 6) is -0.195. The molecule has 3 aromatic carbocycles. The van der Waals surface area contributed by atoms with E-state index in [2.05, 4.69) is 5.32 Å². The molecule has 3 rings (SSSR count). The van der Waals surface area contributed by atoms with Gasteiger partial charge in [-0.05, 0) is 42.5 Å². The van der Waals surface area contributed by atoms with E-state index in [1.54, 1.807) is 36.4 Å². The Hall–Kier alpha value is -2.69. The monoisotopic (exact) mass is 401 g/mol. The molecule has 0 amide bonds. The molecule has 6 heteroatoms. The number of ether oxygens (including phenoxy) is 1. The summed E-state index contributed by atoms with van der Waals surface area (Å²) in [5.41, 5.74) is 2.91. The number of nitrogens with one attached hydrogen (secondary N) is 1. The van der Waals surface area contributed by atoms with Gasteiger partial charge in [-0.3, -0.25) is 0 Å². The average molecular weight is 402 g/mol. The van der Waals surface area contributed by atoms with Crippen LogP contribution < -0.4 is 10.1 Å². The van der Waals surface area contributed by atoms with Gasteiger partial charge in [0.15, 0.2) is 0 Å². The van der Waals surface area contributed by atoms with Gasteiger partial charge in [0.1, 0.15) is 12.4 Å². The molecule has 0 bridgehead atoms. The van der Waals surface area contributed by atoms with E-state index < -0.39 is 5.97 Å². The second-order valence-electron chi connectivity index (χ2n) is 5.87. The fourth-order valence-electron chi connectivity index (χ4n) is 2.51. The minimum atomic E-state index is -0.943. The van der Waals surface area contributed by atoms with Gasteiger partial charge in [0.2, 0.25) is 0 Å². The highest BCUT2D eigenvalue weighted by Gasteiger charge is 2.07. The van der Waals surface area contributed by atoms with E-state index in [9.17, 15) is 4.79 Å². The molecule has 2 N–H and O–H groups in total. The van der Waals surface area contributed by atoms with Crippen molar-refractivity contribution in [2.75, 3.05) is 5.32 Å². The molecule has 0 spiro atoms. The van der Waals surface area contributed by atoms with Crippen molar-refractivity contribution in [3.63, 3.8) is 0 Å². The van der Waals surface area contributed by atoms with Gasteiger partial charge in [-0.25, -0.2) is 4.79 Å². The molecule has 0 aliphatic carbocycles. The van der Waals surface area contributed by atoms with Crippen LogP contribution in [0.5, 0.6) is 5.75 Å². The smallest absolute Gasteiger partial charge is 0.335 e. The summed E-state index contributed by atoms with van der Waals surface area (Å²) in [5, 5.41) is 13.4. The molecule has 0 saturated heterocycles. The fourth-order valence-corrected chi connectivity index (χ4v) is 2.98. The maximum atomic E-state index is 10.9. The molecule has 138 valence electrons. The quantitative estimate of drug-likeness (QED) is 0.518. The van der Waals surface area contributed by atoms with Crippen molar-refractivity contribution in [2.45, 2.75) is 13.2 Å². The van der Waals surface area contributed by atoms with Crippen molar-refractivity contribution in [2.24, 2.45) is 0 Å². The Labute approximate surface area is 167 Å². The first-order valence-corrected chi connectivity index (χ1v) is 9.00. The van der Waals surface area contributed by atoms with Crippen LogP contribution in [0.1, 0.15) is 21.5 Å². The molecular weight excluding hydrogens is 385 g/mol. The number of rotatable bonds is 7. The lowest BCUT2D eigenvalue weighted by Gasteiger charge is -2.14. The molecule has 0 atom stereocenters. The van der Waals surface area contributed by atoms with Gasteiger partial charge in [-0.15, -0.1) is 0 Å². The number of carboxylic acid groups (broad SMARTS) is 1. The first-order valence-electron chi connectivity index (χ1n) is 8.25. The highest BCUT2D eigenvalue weighted by molar-refractivity contribution is 6.35. The summed E-state index contributed by atoms with van der Waals surface area (Å²) in [7, 11) is 0. The van der Waals surface area contributed by atoms with Crippen molar-refractivity contribution in [1.82, 2.24) is 0 Å². The molecule has 0 aliphatic rings. The summed E-state index contributed by atoms with van der Waals surface area (Å²) in [6.45, 7) is 0.872. The Morgan fingerprint density at radius 3 is 2.41 bits per heavy atom. The Bertz CT molecular complexity index is 942. The number of benzene rings is 3. The minimum Gasteiger partial charge on any atom is -0.488 e. The molecule has 0 fully saturated rings. The van der Waals surface area contributed by atoms with Crippen LogP contribution >= 0.6 is 23.2 Å². The van der Waals surface area contributed by atoms with E-state index in [1.165, 1.54) is 0 Å². The largest absolute Gasteiger partial charge is 0.488 e. The summed E-state index contributed by atoms with van der Waals surface area (Å²) in [6, 6.07) is 19.6. The summed E-state index contributed by atoms with van der Waals surface area (Å²) < 4.78 is 5.94. The van der Waals surface area contributed by atoms with E-state index in [1.807, 2.05) is 30.3 Å². The first kappa shape index (κ1) is 19.1. The Kier molecular flexibility index (Phi) is 6.22. The zero-order valence-electron chi connectivity index (χ0n) is 14.3. The Balaban J connectivity index is 1.65. The number of carbonyl (C=O) groups is 1. The molecule has 0 heterocycles. The summed E-state index contributed by atoms with van der Waals surface area (Å²) in [4.78, 5) is 10.9. The second-order valence-corrected chi connectivity index (χ2v) is 6.71. The molecular formula is C21H17Cl2NO3. The zero-order chi connectivity index (χ0) is 19.2. The van der Waals surface area contributed by atoms with Crippen LogP contribution in [0.2, 0.25) is 10.0 Å². The van der Waals surface area contributed by atoms with Gasteiger partial charge in [-0.2, -0.15) is 0 Å². The number of hydrogen-bond donors (Lipinski definition) is 2. The predicted molar refractivity (Wildman–Crippen MR) is 108 cm³/mol. The van der Waals surface area contributed by atoms with Gasteiger partial charge in [0.25, 0.3) is 0 Å². The molecule has 0 aromatic heterocycles. The third-order valence-electron chi connectivity index (χ3n) is 3.99. The molecule has 0 saturated carbocycles. The van der Waals surface area contributed by atoms with Crippen LogP contribution in [-0.4, -0.2) is 11.1 Å². The van der Waals surface area contributed by atoms with E-state index in [-0.39, 0.29) is 5.56 Å². The maximum Gasteiger partial charge on any atom is 0.335 e. The summed E-state index contributed by atoms with van der Waals surface area (Å²) >= 11 is 12.1. The van der Waals surface area contributed by atoms with Crippen molar-refractivity contribution >= 4 is 34.9 Å². The number of anilines is 1. The van der Waals surface area contributed by atoms with Gasteiger partial charge >= 0.3 is 5.97 Å². The average Bonchev–Trinajstić information content (AvgIpc) is 2.66. The fraction of sp³-hybridized carbons (Fsp3) is 0.0952. The lowest BCUT2D eigenvalue weighted by Crippen LogP contribution is -2.04. The highest BCUT2D eigenvalue weighted by atomic mass is 35.5. The van der Waals surface area contributed by atoms with Crippen molar-refractivity contribution in [1.29, 1.82) is 0 Å². The summed E-state index contributed by atoms with van der Waals surface area (Å²) in [6.07, 6.45) is 0. The number of para-hydroxylation sites is 1. The molecule has 0 unspecified atom stereocenters. The van der Waals surface area contributed by atoms with Crippen LogP contribution in [0, 0.1) is 0 Å². The lowest BCUT2D eigenvalue weighted by atomic mass is 10.1. The Morgan fingerprint density at radius 1 is 0.963 bits per heavy atom. The zero-order valence-corrected chi connectivity index (χ0v) is 15.8. The normalized spacial score (nSPS) is 10.4. The third kappa shape index (κ3) is 5.16. The third-order valence-corrected chi connectivity index (χ3v) is 4.57. The molecule has 4 nitrogen and oxygen atoms in total. The number of aromatic carboxylic acids is 1. The number of carboxylic acids is 1. The lowest BCUT2D eigenvalue weighted by molar-refractivity contribution is 0.0697. The SMILES string of the molecule is O=C(O)c1ccc(NCc2ccccc2OCc2ccc(Cl)cc2Cl)cc1. The predicted octanol–water partition coefficient (Wildman–Crippen LogP) is 5.88. The van der Waals surface area contributed by atoms with Crippen LogP contribution in [0.4, 0.5) is 5.69 Å². The molecule has 3 aromatic rings. The molecule has 0 radical (unpaired) electrons.